The maximum Gasteiger partial charge on any atom is 0.269 e. The summed E-state index contributed by atoms with van der Waals surface area (Å²) in [6.45, 7) is 0. The predicted molar refractivity (Wildman–Crippen MR) is 241 cm³/mol. The van der Waals surface area contributed by atoms with E-state index >= 15 is 0 Å². The highest BCUT2D eigenvalue weighted by Crippen LogP contribution is 2.59. The van der Waals surface area contributed by atoms with E-state index in [1.807, 2.05) is 60.7 Å². The number of fused-ring (bicyclic) bond motifs is 2. The Morgan fingerprint density at radius 1 is 0.508 bits per heavy atom. The molecule has 0 unspecified atom stereocenters. The topological polar surface area (TPSA) is 247 Å². The SMILES string of the molecule is ClCCl.O=C[C@@H]1[C@@H](c2ccc([N+](=O)[O-])cc2)[C@@H]([N+](=O)[O-])[C@@H](c2ccccc2)[C@@H]2CCCC[C@@]12O.O=C[C@@H]1[C@@H](c2ccc([N+](=O)[O-])cc2)[C@@H]([N+](=O)[O-])[C@@H](c2ccccc2)[C@@H]2CCCC[C@@]12O. The molecule has 0 bridgehead atoms. The highest BCUT2D eigenvalue weighted by atomic mass is 35.5. The molecule has 8 rings (SSSR count). The summed E-state index contributed by atoms with van der Waals surface area (Å²) in [6.07, 6.45) is 6.50. The summed E-state index contributed by atoms with van der Waals surface area (Å²) in [5.41, 5.74) is -0.525. The van der Waals surface area contributed by atoms with Crippen molar-refractivity contribution in [1.82, 2.24) is 0 Å². The van der Waals surface area contributed by atoms with Crippen LogP contribution in [0.15, 0.2) is 109 Å². The average Bonchev–Trinajstić information content (AvgIpc) is 3.30. The summed E-state index contributed by atoms with van der Waals surface area (Å²) in [7, 11) is 0. The Labute approximate surface area is 384 Å². The summed E-state index contributed by atoms with van der Waals surface area (Å²) in [6, 6.07) is 27.1. The summed E-state index contributed by atoms with van der Waals surface area (Å²) in [5.74, 6) is -5.68. The number of benzene rings is 4. The highest BCUT2D eigenvalue weighted by Gasteiger charge is 2.65. The van der Waals surface area contributed by atoms with Gasteiger partial charge in [0.05, 0.1) is 61.9 Å². The molecule has 18 heteroatoms. The molecule has 4 aromatic carbocycles. The zero-order valence-corrected chi connectivity index (χ0v) is 36.7. The first kappa shape index (κ1) is 48.8. The lowest BCUT2D eigenvalue weighted by Crippen LogP contribution is -2.61. The van der Waals surface area contributed by atoms with Crippen LogP contribution < -0.4 is 0 Å². The minimum Gasteiger partial charge on any atom is -0.389 e. The summed E-state index contributed by atoms with van der Waals surface area (Å²) in [4.78, 5) is 69.8. The van der Waals surface area contributed by atoms with Crippen molar-refractivity contribution in [3.8, 4) is 0 Å². The number of nitrogens with zero attached hydrogens (tertiary/aromatic N) is 4. The second kappa shape index (κ2) is 21.1. The van der Waals surface area contributed by atoms with E-state index in [0.29, 0.717) is 49.4 Å². The van der Waals surface area contributed by atoms with Crippen LogP contribution in [0.2, 0.25) is 0 Å². The van der Waals surface area contributed by atoms with Gasteiger partial charge in [-0.25, -0.2) is 0 Å². The smallest absolute Gasteiger partial charge is 0.269 e. The molecule has 4 aliphatic rings. The molecule has 16 nitrogen and oxygen atoms in total. The molecule has 344 valence electrons. The molecule has 0 radical (unpaired) electrons. The van der Waals surface area contributed by atoms with Gasteiger partial charge in [0.15, 0.2) is 0 Å². The van der Waals surface area contributed by atoms with E-state index in [9.17, 15) is 60.3 Å². The zero-order chi connectivity index (χ0) is 47.1. The molecule has 4 fully saturated rings. The molecule has 0 saturated heterocycles. The van der Waals surface area contributed by atoms with E-state index in [-0.39, 0.29) is 26.6 Å². The molecule has 4 aromatic rings. The summed E-state index contributed by atoms with van der Waals surface area (Å²) in [5, 5.41) is 70.8. The van der Waals surface area contributed by atoms with Crippen LogP contribution in [0.4, 0.5) is 11.4 Å². The zero-order valence-electron chi connectivity index (χ0n) is 35.2. The van der Waals surface area contributed by atoms with Crippen molar-refractivity contribution in [2.45, 2.75) is 98.3 Å². The average molecular weight is 934 g/mol. The molecule has 0 aliphatic heterocycles. The molecule has 65 heavy (non-hydrogen) atoms. The number of non-ortho nitro benzene ring substituents is 2. The van der Waals surface area contributed by atoms with Gasteiger partial charge in [-0.1, -0.05) is 111 Å². The van der Waals surface area contributed by atoms with Gasteiger partial charge < -0.3 is 19.8 Å². The van der Waals surface area contributed by atoms with Crippen LogP contribution >= 0.6 is 23.2 Å². The van der Waals surface area contributed by atoms with Gasteiger partial charge in [0.1, 0.15) is 12.6 Å². The van der Waals surface area contributed by atoms with E-state index in [0.717, 1.165) is 36.8 Å². The maximum absolute atomic E-state index is 12.4. The van der Waals surface area contributed by atoms with E-state index in [1.54, 1.807) is 0 Å². The lowest BCUT2D eigenvalue weighted by atomic mass is 9.51. The van der Waals surface area contributed by atoms with Crippen molar-refractivity contribution in [2.75, 3.05) is 5.34 Å². The maximum atomic E-state index is 12.4. The third kappa shape index (κ3) is 9.67. The quantitative estimate of drug-likeness (QED) is 0.0654. The minimum absolute atomic E-state index is 0.131. The van der Waals surface area contributed by atoms with Gasteiger partial charge in [0.25, 0.3) is 11.4 Å². The lowest BCUT2D eigenvalue weighted by molar-refractivity contribution is -0.541. The Bertz CT molecular complexity index is 2150. The van der Waals surface area contributed by atoms with Gasteiger partial charge in [-0.05, 0) is 47.9 Å². The van der Waals surface area contributed by atoms with Crippen LogP contribution in [0.1, 0.15) is 97.3 Å². The number of hydrogen-bond acceptors (Lipinski definition) is 12. The number of aldehydes is 2. The molecule has 0 spiro atoms. The Hall–Kier alpha value is -5.68. The largest absolute Gasteiger partial charge is 0.389 e. The Kier molecular flexibility index (Phi) is 15.8. The van der Waals surface area contributed by atoms with Gasteiger partial charge in [-0.2, -0.15) is 0 Å². The Morgan fingerprint density at radius 2 is 0.815 bits per heavy atom. The first-order chi connectivity index (χ1) is 31.2. The fourth-order valence-corrected chi connectivity index (χ4v) is 11.8. The van der Waals surface area contributed by atoms with E-state index in [2.05, 4.69) is 0 Å². The molecule has 2 N–H and O–H groups in total. The Balaban J connectivity index is 0.000000203. The minimum atomic E-state index is -1.36. The van der Waals surface area contributed by atoms with E-state index in [1.165, 1.54) is 48.5 Å². The molecule has 0 aromatic heterocycles. The first-order valence-corrected chi connectivity index (χ1v) is 22.6. The van der Waals surface area contributed by atoms with Crippen molar-refractivity contribution >= 4 is 47.1 Å². The third-order valence-electron chi connectivity index (χ3n) is 14.4. The number of nitro groups is 4. The second-order valence-corrected chi connectivity index (χ2v) is 18.1. The highest BCUT2D eigenvalue weighted by molar-refractivity contribution is 6.40. The molecule has 0 heterocycles. The second-order valence-electron chi connectivity index (χ2n) is 17.3. The van der Waals surface area contributed by atoms with Crippen LogP contribution in [0, 0.1) is 64.1 Å². The number of nitro benzene ring substituents is 2. The first-order valence-electron chi connectivity index (χ1n) is 21.5. The third-order valence-corrected chi connectivity index (χ3v) is 14.4. The van der Waals surface area contributed by atoms with Crippen molar-refractivity contribution in [1.29, 1.82) is 0 Å². The number of halogens is 2. The van der Waals surface area contributed by atoms with Gasteiger partial charge in [-0.15, -0.1) is 23.2 Å². The van der Waals surface area contributed by atoms with Crippen LogP contribution in [-0.4, -0.2) is 71.1 Å². The van der Waals surface area contributed by atoms with E-state index < -0.39 is 80.5 Å². The molecule has 12 atom stereocenters. The van der Waals surface area contributed by atoms with Gasteiger partial charge in [-0.3, -0.25) is 40.5 Å². The predicted octanol–water partition coefficient (Wildman–Crippen LogP) is 9.14. The molecular weight excluding hydrogens is 883 g/mol. The molecule has 4 saturated carbocycles. The van der Waals surface area contributed by atoms with Crippen molar-refractivity contribution in [3.05, 3.63) is 172 Å². The Morgan fingerprint density at radius 3 is 1.09 bits per heavy atom. The molecular formula is C47H50Cl2N4O12. The van der Waals surface area contributed by atoms with Crippen LogP contribution in [0.3, 0.4) is 0 Å². The number of rotatable bonds is 10. The standard InChI is InChI=1S/2C23H24N2O6.CH2Cl2/c2*26-14-19-21(16-9-11-17(12-10-16)24(28)29)22(25(30)31)20(15-6-2-1-3-7-15)18-8-4-5-13-23(18,19)27;2-1-3/h2*1-3,6-7,9-12,14,18-22,27H,4-5,8,13H2;1H2/t2*18-,19+,20-,21+,22-,23-;/m00./s1. The lowest BCUT2D eigenvalue weighted by Gasteiger charge is -2.54. The van der Waals surface area contributed by atoms with Crippen molar-refractivity contribution in [2.24, 2.45) is 23.7 Å². The van der Waals surface area contributed by atoms with Crippen LogP contribution in [0.25, 0.3) is 0 Å². The van der Waals surface area contributed by atoms with Gasteiger partial charge in [0.2, 0.25) is 12.1 Å². The van der Waals surface area contributed by atoms with Gasteiger partial charge in [0, 0.05) is 45.9 Å². The monoisotopic (exact) mass is 932 g/mol. The number of alkyl halides is 2. The van der Waals surface area contributed by atoms with Crippen molar-refractivity contribution < 1.29 is 39.5 Å². The number of carbonyl (C=O) groups excluding carboxylic acids is 2. The fourth-order valence-electron chi connectivity index (χ4n) is 11.8. The number of carbonyl (C=O) groups is 2. The van der Waals surface area contributed by atoms with Crippen molar-refractivity contribution in [3.63, 3.8) is 0 Å². The van der Waals surface area contributed by atoms with Gasteiger partial charge >= 0.3 is 0 Å². The van der Waals surface area contributed by atoms with Crippen LogP contribution in [-0.2, 0) is 9.59 Å². The molecule has 4 aliphatic carbocycles. The fraction of sp³-hybridized carbons (Fsp3) is 0.447. The summed E-state index contributed by atoms with van der Waals surface area (Å²) < 4.78 is 0. The molecule has 0 amide bonds. The summed E-state index contributed by atoms with van der Waals surface area (Å²) >= 11 is 9.53. The number of aliphatic hydroxyl groups is 2. The van der Waals surface area contributed by atoms with E-state index in [4.69, 9.17) is 23.2 Å². The van der Waals surface area contributed by atoms with Crippen LogP contribution in [0.5, 0.6) is 0 Å². The number of hydrogen-bond donors (Lipinski definition) is 2. The normalized spacial score (nSPS) is 31.4.